The third-order valence-electron chi connectivity index (χ3n) is 4.87. The number of amides is 1. The van der Waals surface area contributed by atoms with Crippen molar-refractivity contribution in [2.24, 2.45) is 0 Å². The Bertz CT molecular complexity index is 999. The van der Waals surface area contributed by atoms with E-state index in [4.69, 9.17) is 23.2 Å². The Labute approximate surface area is 180 Å². The molecule has 0 radical (unpaired) electrons. The number of carbonyl (C=O) groups excluding carboxylic acids is 1. The quantitative estimate of drug-likeness (QED) is 0.654. The first kappa shape index (κ1) is 22.4. The molecule has 1 amide bonds. The lowest BCUT2D eigenvalue weighted by Crippen LogP contribution is -2.36. The van der Waals surface area contributed by atoms with Gasteiger partial charge in [-0.25, -0.2) is 9.97 Å². The summed E-state index contributed by atoms with van der Waals surface area (Å²) in [7, 11) is 0. The third-order valence-corrected chi connectivity index (χ3v) is 5.69. The second-order valence-corrected chi connectivity index (χ2v) is 7.75. The number of hydrogen-bond acceptors (Lipinski definition) is 5. The predicted octanol–water partition coefficient (Wildman–Crippen LogP) is 4.43. The first-order valence-corrected chi connectivity index (χ1v) is 9.84. The molecule has 0 fully saturated rings. The molecule has 30 heavy (non-hydrogen) atoms. The molecule has 1 aromatic carbocycles. The van der Waals surface area contributed by atoms with E-state index < -0.39 is 23.4 Å². The van der Waals surface area contributed by atoms with Gasteiger partial charge >= 0.3 is 6.18 Å². The molecular weight excluding hydrogens is 446 g/mol. The first-order valence-electron chi connectivity index (χ1n) is 9.09. The van der Waals surface area contributed by atoms with Crippen LogP contribution in [0.25, 0.3) is 0 Å². The molecule has 0 bridgehead atoms. The van der Waals surface area contributed by atoms with Gasteiger partial charge in [0.05, 0.1) is 10.0 Å². The lowest BCUT2D eigenvalue weighted by molar-refractivity contribution is -0.141. The van der Waals surface area contributed by atoms with Gasteiger partial charge in [0.1, 0.15) is 11.5 Å². The summed E-state index contributed by atoms with van der Waals surface area (Å²) in [6.07, 6.45) is -3.59. The summed E-state index contributed by atoms with van der Waals surface area (Å²) < 4.78 is 38.6. The highest BCUT2D eigenvalue weighted by molar-refractivity contribution is 6.36. The summed E-state index contributed by atoms with van der Waals surface area (Å²) in [5, 5.41) is 19.6. The molecule has 2 aromatic rings. The molecule has 2 N–H and O–H groups in total. The molecule has 0 atom stereocenters. The van der Waals surface area contributed by atoms with Gasteiger partial charge in [-0.15, -0.1) is 0 Å². The summed E-state index contributed by atoms with van der Waals surface area (Å²) in [4.78, 5) is 21.5. The van der Waals surface area contributed by atoms with Gasteiger partial charge in [-0.3, -0.25) is 4.79 Å². The van der Waals surface area contributed by atoms with Gasteiger partial charge in [-0.05, 0) is 43.4 Å². The van der Waals surface area contributed by atoms with E-state index >= 15 is 0 Å². The monoisotopic (exact) mass is 463 g/mol. The molecule has 0 aliphatic carbocycles. The number of rotatable bonds is 4. The van der Waals surface area contributed by atoms with Crippen molar-refractivity contribution in [1.29, 1.82) is 0 Å². The largest absolute Gasteiger partial charge is 0.503 e. The maximum absolute atomic E-state index is 12.9. The summed E-state index contributed by atoms with van der Waals surface area (Å²) in [5.41, 5.74) is 0.273. The molecule has 0 saturated carbocycles. The molecule has 11 heteroatoms. The van der Waals surface area contributed by atoms with Crippen LogP contribution in [0.5, 0.6) is 11.5 Å². The maximum Gasteiger partial charge on any atom is 0.433 e. The summed E-state index contributed by atoms with van der Waals surface area (Å²) in [5.74, 6) is -1.21. The second-order valence-electron chi connectivity index (χ2n) is 6.99. The number of benzene rings is 1. The number of carbonyl (C=O) groups is 1. The Kier molecular flexibility index (Phi) is 6.33. The zero-order valence-corrected chi connectivity index (χ0v) is 17.4. The molecule has 2 heterocycles. The van der Waals surface area contributed by atoms with E-state index in [9.17, 15) is 28.2 Å². The van der Waals surface area contributed by atoms with Crippen LogP contribution in [0.1, 0.15) is 41.2 Å². The van der Waals surface area contributed by atoms with Crippen LogP contribution in [0.3, 0.4) is 0 Å². The van der Waals surface area contributed by atoms with Crippen molar-refractivity contribution in [3.8, 4) is 11.5 Å². The lowest BCUT2D eigenvalue weighted by Gasteiger charge is -2.30. The Morgan fingerprint density at radius 1 is 1.17 bits per heavy atom. The van der Waals surface area contributed by atoms with Gasteiger partial charge in [-0.2, -0.15) is 13.2 Å². The molecule has 0 spiro atoms. The Morgan fingerprint density at radius 3 is 2.43 bits per heavy atom. The van der Waals surface area contributed by atoms with Crippen molar-refractivity contribution in [1.82, 2.24) is 14.9 Å². The summed E-state index contributed by atoms with van der Waals surface area (Å²) >= 11 is 12.2. The fourth-order valence-electron chi connectivity index (χ4n) is 3.40. The molecule has 6 nitrogen and oxygen atoms in total. The van der Waals surface area contributed by atoms with E-state index in [-0.39, 0.29) is 46.9 Å². The molecule has 0 saturated heterocycles. The zero-order valence-electron chi connectivity index (χ0n) is 15.9. The average Bonchev–Trinajstić information content (AvgIpc) is 2.69. The third kappa shape index (κ3) is 4.57. The Morgan fingerprint density at radius 2 is 1.80 bits per heavy atom. The van der Waals surface area contributed by atoms with Gasteiger partial charge in [-0.1, -0.05) is 23.2 Å². The van der Waals surface area contributed by atoms with E-state index in [2.05, 4.69) is 9.97 Å². The molecule has 3 rings (SSSR count). The smallest absolute Gasteiger partial charge is 0.433 e. The zero-order chi connectivity index (χ0) is 22.2. The van der Waals surface area contributed by atoms with Crippen LogP contribution in [0.2, 0.25) is 10.0 Å². The fourth-order valence-corrected chi connectivity index (χ4v) is 3.96. The lowest BCUT2D eigenvalue weighted by atomic mass is 9.98. The van der Waals surface area contributed by atoms with Crippen LogP contribution in [-0.4, -0.2) is 37.5 Å². The number of alkyl halides is 3. The van der Waals surface area contributed by atoms with Gasteiger partial charge in [0.15, 0.2) is 11.5 Å². The predicted molar refractivity (Wildman–Crippen MR) is 104 cm³/mol. The van der Waals surface area contributed by atoms with Crippen molar-refractivity contribution in [3.63, 3.8) is 0 Å². The number of phenols is 2. The van der Waals surface area contributed by atoms with Gasteiger partial charge in [0.25, 0.3) is 0 Å². The van der Waals surface area contributed by atoms with Crippen molar-refractivity contribution >= 4 is 29.1 Å². The fraction of sp³-hybridized carbons (Fsp3) is 0.421. The molecule has 0 unspecified atom stereocenters. The second kappa shape index (κ2) is 8.47. The minimum Gasteiger partial charge on any atom is -0.503 e. The summed E-state index contributed by atoms with van der Waals surface area (Å²) in [6, 6.07) is 0.894. The molecule has 162 valence electrons. The topological polar surface area (TPSA) is 86.6 Å². The number of hydrogen-bond donors (Lipinski definition) is 2. The SMILES string of the molecule is Cc1nc(CCCC(=O)N2CCc3c(Cl)c(O)c(O)c(Cl)c3C2)cc(C(F)(F)F)n1. The molecule has 1 aliphatic rings. The van der Waals surface area contributed by atoms with Crippen LogP contribution in [0.4, 0.5) is 13.2 Å². The minimum atomic E-state index is -4.56. The summed E-state index contributed by atoms with van der Waals surface area (Å²) in [6.45, 7) is 1.85. The number of fused-ring (bicyclic) bond motifs is 1. The van der Waals surface area contributed by atoms with Crippen molar-refractivity contribution in [3.05, 3.63) is 44.5 Å². The Balaban J connectivity index is 1.64. The van der Waals surface area contributed by atoms with E-state index in [1.807, 2.05) is 0 Å². The number of aryl methyl sites for hydroxylation is 2. The van der Waals surface area contributed by atoms with Crippen molar-refractivity contribution < 1.29 is 28.2 Å². The maximum atomic E-state index is 12.9. The highest BCUT2D eigenvalue weighted by Crippen LogP contribution is 2.46. The number of aromatic hydroxyl groups is 2. The van der Waals surface area contributed by atoms with Crippen molar-refractivity contribution in [2.75, 3.05) is 6.54 Å². The number of phenolic OH excluding ortho intramolecular Hbond substituents is 2. The first-order chi connectivity index (χ1) is 14.0. The van der Waals surface area contributed by atoms with Crippen molar-refractivity contribution in [2.45, 2.75) is 45.3 Å². The van der Waals surface area contributed by atoms with Gasteiger partial charge in [0.2, 0.25) is 5.91 Å². The minimum absolute atomic E-state index is 0.0126. The number of aromatic nitrogens is 2. The van der Waals surface area contributed by atoms with Crippen LogP contribution in [0.15, 0.2) is 6.07 Å². The van der Waals surface area contributed by atoms with E-state index in [1.54, 1.807) is 0 Å². The van der Waals surface area contributed by atoms with Gasteiger partial charge < -0.3 is 15.1 Å². The highest BCUT2D eigenvalue weighted by atomic mass is 35.5. The van der Waals surface area contributed by atoms with E-state index in [0.717, 1.165) is 6.07 Å². The highest BCUT2D eigenvalue weighted by Gasteiger charge is 2.33. The van der Waals surface area contributed by atoms with Crippen LogP contribution in [0, 0.1) is 6.92 Å². The molecule has 1 aromatic heterocycles. The molecular formula is C19H18Cl2F3N3O3. The van der Waals surface area contributed by atoms with E-state index in [0.29, 0.717) is 30.5 Å². The molecule has 1 aliphatic heterocycles. The van der Waals surface area contributed by atoms with E-state index in [1.165, 1.54) is 11.8 Å². The van der Waals surface area contributed by atoms with Crippen LogP contribution in [-0.2, 0) is 30.4 Å². The number of halogens is 5. The number of nitrogens with zero attached hydrogens (tertiary/aromatic N) is 3. The van der Waals surface area contributed by atoms with Crippen LogP contribution >= 0.6 is 23.2 Å². The van der Waals surface area contributed by atoms with Gasteiger partial charge in [0, 0.05) is 25.2 Å². The van der Waals surface area contributed by atoms with Crippen LogP contribution < -0.4 is 0 Å². The Hall–Kier alpha value is -2.26. The standard InChI is InChI=1S/C19H18Cl2F3N3O3/c1-9-25-10(7-13(26-9)19(22,23)24)3-2-4-14(28)27-6-5-11-12(8-27)16(21)18(30)17(29)15(11)20/h7,29-30H,2-6,8H2,1H3. The normalized spacial score (nSPS) is 14.0. The average molecular weight is 464 g/mol.